The van der Waals surface area contributed by atoms with E-state index in [1.807, 2.05) is 11.4 Å². The standard InChI is InChI=1S/C26H24N2O5S/c1-4-32-26(30)18-8-19(23-20(9-18)11-31-14-33-23)10-28-13-27-24-22(25(28)29)21(12-34-24)17-6-5-15(2)16(3)7-17/h5-9,12-13H,4,10-11,14H2,1-3H3. The minimum atomic E-state index is -0.423. The lowest BCUT2D eigenvalue weighted by Crippen LogP contribution is -2.23. The van der Waals surface area contributed by atoms with Crippen molar-refractivity contribution in [2.75, 3.05) is 13.4 Å². The first kappa shape index (κ1) is 22.3. The van der Waals surface area contributed by atoms with E-state index in [9.17, 15) is 9.59 Å². The maximum atomic E-state index is 13.6. The van der Waals surface area contributed by atoms with Gasteiger partial charge in [0.2, 0.25) is 0 Å². The van der Waals surface area contributed by atoms with E-state index in [1.165, 1.54) is 22.5 Å². The summed E-state index contributed by atoms with van der Waals surface area (Å²) in [7, 11) is 0. The number of esters is 1. The molecule has 174 valence electrons. The zero-order chi connectivity index (χ0) is 23.8. The summed E-state index contributed by atoms with van der Waals surface area (Å²) in [6.07, 6.45) is 1.55. The molecule has 0 N–H and O–H groups in total. The van der Waals surface area contributed by atoms with Crippen molar-refractivity contribution in [3.05, 3.63) is 80.2 Å². The maximum Gasteiger partial charge on any atom is 0.338 e. The van der Waals surface area contributed by atoms with Gasteiger partial charge in [0.05, 0.1) is 37.0 Å². The second-order valence-electron chi connectivity index (χ2n) is 8.26. The Labute approximate surface area is 200 Å². The third-order valence-corrected chi connectivity index (χ3v) is 6.90. The first-order chi connectivity index (χ1) is 16.5. The summed E-state index contributed by atoms with van der Waals surface area (Å²) >= 11 is 1.46. The zero-order valence-electron chi connectivity index (χ0n) is 19.2. The molecule has 7 nitrogen and oxygen atoms in total. The first-order valence-corrected chi connectivity index (χ1v) is 11.9. The molecule has 1 aliphatic rings. The molecule has 0 bridgehead atoms. The Morgan fingerprint density at radius 2 is 2.06 bits per heavy atom. The average molecular weight is 477 g/mol. The molecule has 0 saturated carbocycles. The second kappa shape index (κ2) is 9.04. The molecular weight excluding hydrogens is 452 g/mol. The molecule has 0 saturated heterocycles. The highest BCUT2D eigenvalue weighted by Gasteiger charge is 2.21. The lowest BCUT2D eigenvalue weighted by molar-refractivity contribution is -0.0171. The molecule has 0 fully saturated rings. The van der Waals surface area contributed by atoms with Crippen molar-refractivity contribution in [1.29, 1.82) is 0 Å². The molecule has 8 heteroatoms. The monoisotopic (exact) mass is 476 g/mol. The van der Waals surface area contributed by atoms with Crippen LogP contribution in [0.5, 0.6) is 5.75 Å². The van der Waals surface area contributed by atoms with Crippen molar-refractivity contribution in [3.63, 3.8) is 0 Å². The van der Waals surface area contributed by atoms with Crippen LogP contribution in [0.3, 0.4) is 0 Å². The van der Waals surface area contributed by atoms with Gasteiger partial charge in [-0.15, -0.1) is 11.3 Å². The molecule has 3 heterocycles. The minimum Gasteiger partial charge on any atom is -0.467 e. The Hall–Kier alpha value is -3.49. The van der Waals surface area contributed by atoms with Gasteiger partial charge in [0, 0.05) is 22.1 Å². The number of benzene rings is 2. The van der Waals surface area contributed by atoms with Crippen LogP contribution in [0.25, 0.3) is 21.3 Å². The Kier molecular flexibility index (Phi) is 5.93. The molecule has 0 spiro atoms. The van der Waals surface area contributed by atoms with Gasteiger partial charge in [-0.05, 0) is 49.6 Å². The Bertz CT molecular complexity index is 1470. The van der Waals surface area contributed by atoms with Crippen LogP contribution in [-0.4, -0.2) is 28.9 Å². The predicted octanol–water partition coefficient (Wildman–Crippen LogP) is 4.83. The van der Waals surface area contributed by atoms with Crippen LogP contribution in [-0.2, 0) is 22.6 Å². The van der Waals surface area contributed by atoms with Crippen molar-refractivity contribution in [1.82, 2.24) is 9.55 Å². The fourth-order valence-electron chi connectivity index (χ4n) is 4.13. The van der Waals surface area contributed by atoms with E-state index in [1.54, 1.807) is 30.0 Å². The number of thiophene rings is 1. The van der Waals surface area contributed by atoms with E-state index < -0.39 is 5.97 Å². The van der Waals surface area contributed by atoms with Gasteiger partial charge in [-0.25, -0.2) is 9.78 Å². The fourth-order valence-corrected chi connectivity index (χ4v) is 5.04. The van der Waals surface area contributed by atoms with E-state index in [0.717, 1.165) is 16.7 Å². The van der Waals surface area contributed by atoms with Crippen LogP contribution in [0.15, 0.2) is 46.8 Å². The summed E-state index contributed by atoms with van der Waals surface area (Å²) in [5, 5.41) is 2.58. The second-order valence-corrected chi connectivity index (χ2v) is 9.12. The molecule has 0 amide bonds. The number of hydrogen-bond acceptors (Lipinski definition) is 7. The zero-order valence-corrected chi connectivity index (χ0v) is 20.0. The van der Waals surface area contributed by atoms with Gasteiger partial charge in [0.15, 0.2) is 6.79 Å². The summed E-state index contributed by atoms with van der Waals surface area (Å²) < 4.78 is 17.9. The van der Waals surface area contributed by atoms with E-state index in [-0.39, 0.29) is 25.5 Å². The van der Waals surface area contributed by atoms with Crippen molar-refractivity contribution in [2.45, 2.75) is 33.9 Å². The van der Waals surface area contributed by atoms with E-state index in [2.05, 4.69) is 31.0 Å². The van der Waals surface area contributed by atoms with E-state index in [4.69, 9.17) is 14.2 Å². The Morgan fingerprint density at radius 3 is 2.85 bits per heavy atom. The third kappa shape index (κ3) is 3.99. The van der Waals surface area contributed by atoms with Crippen molar-refractivity contribution in [3.8, 4) is 16.9 Å². The van der Waals surface area contributed by atoms with Crippen LogP contribution in [0.4, 0.5) is 0 Å². The van der Waals surface area contributed by atoms with Gasteiger partial charge in [0.25, 0.3) is 5.56 Å². The number of aromatic nitrogens is 2. The molecule has 0 atom stereocenters. The van der Waals surface area contributed by atoms with Crippen LogP contribution >= 0.6 is 11.3 Å². The third-order valence-electron chi connectivity index (χ3n) is 6.02. The van der Waals surface area contributed by atoms with Crippen molar-refractivity contribution >= 4 is 27.5 Å². The number of hydrogen-bond donors (Lipinski definition) is 0. The largest absolute Gasteiger partial charge is 0.467 e. The number of ether oxygens (including phenoxy) is 3. The Balaban J connectivity index is 1.60. The minimum absolute atomic E-state index is 0.117. The first-order valence-electron chi connectivity index (χ1n) is 11.0. The molecule has 0 radical (unpaired) electrons. The molecule has 0 aliphatic carbocycles. The van der Waals surface area contributed by atoms with E-state index >= 15 is 0 Å². The maximum absolute atomic E-state index is 13.6. The molecule has 2 aromatic carbocycles. The van der Waals surface area contributed by atoms with Gasteiger partial charge in [-0.2, -0.15) is 0 Å². The molecule has 1 aliphatic heterocycles. The predicted molar refractivity (Wildman–Crippen MR) is 131 cm³/mol. The normalized spacial score (nSPS) is 12.9. The SMILES string of the molecule is CCOC(=O)c1cc2c(c(Cn3cnc4scc(-c5ccc(C)c(C)c5)c4c3=O)c1)OCOC2. The van der Waals surface area contributed by atoms with Crippen molar-refractivity contribution in [2.24, 2.45) is 0 Å². The summed E-state index contributed by atoms with van der Waals surface area (Å²) in [4.78, 5) is 31.3. The summed E-state index contributed by atoms with van der Waals surface area (Å²) in [6.45, 7) is 6.82. The number of fused-ring (bicyclic) bond motifs is 2. The topological polar surface area (TPSA) is 79.7 Å². The van der Waals surface area contributed by atoms with Crippen molar-refractivity contribution < 1.29 is 19.0 Å². The van der Waals surface area contributed by atoms with Gasteiger partial charge in [-0.1, -0.05) is 18.2 Å². The smallest absolute Gasteiger partial charge is 0.338 e. The number of nitrogens with zero attached hydrogens (tertiary/aromatic N) is 2. The van der Waals surface area contributed by atoms with Gasteiger partial charge >= 0.3 is 5.97 Å². The van der Waals surface area contributed by atoms with Gasteiger partial charge in [-0.3, -0.25) is 9.36 Å². The number of carbonyl (C=O) groups is 1. The van der Waals surface area contributed by atoms with Crippen LogP contribution in [0, 0.1) is 13.8 Å². The summed E-state index contributed by atoms with van der Waals surface area (Å²) in [6, 6.07) is 9.64. The highest BCUT2D eigenvalue weighted by molar-refractivity contribution is 7.17. The molecule has 0 unspecified atom stereocenters. The average Bonchev–Trinajstić information content (AvgIpc) is 3.27. The lowest BCUT2D eigenvalue weighted by atomic mass is 10.0. The lowest BCUT2D eigenvalue weighted by Gasteiger charge is -2.22. The number of aryl methyl sites for hydroxylation is 2. The Morgan fingerprint density at radius 1 is 1.21 bits per heavy atom. The highest BCUT2D eigenvalue weighted by atomic mass is 32.1. The fraction of sp³-hybridized carbons (Fsp3) is 0.269. The number of carbonyl (C=O) groups excluding carboxylic acids is 1. The number of rotatable bonds is 5. The molecule has 34 heavy (non-hydrogen) atoms. The highest BCUT2D eigenvalue weighted by Crippen LogP contribution is 2.33. The van der Waals surface area contributed by atoms with Crippen LogP contribution in [0.2, 0.25) is 0 Å². The van der Waals surface area contributed by atoms with E-state index in [0.29, 0.717) is 33.7 Å². The molecule has 5 rings (SSSR count). The summed E-state index contributed by atoms with van der Waals surface area (Å²) in [5.74, 6) is 0.207. The van der Waals surface area contributed by atoms with Gasteiger partial charge < -0.3 is 14.2 Å². The van der Waals surface area contributed by atoms with Crippen LogP contribution in [0.1, 0.15) is 39.5 Å². The molecular formula is C26H24N2O5S. The van der Waals surface area contributed by atoms with Crippen LogP contribution < -0.4 is 10.3 Å². The molecule has 2 aromatic heterocycles. The van der Waals surface area contributed by atoms with Gasteiger partial charge in [0.1, 0.15) is 10.6 Å². The summed E-state index contributed by atoms with van der Waals surface area (Å²) in [5.41, 5.74) is 5.96. The molecule has 4 aromatic rings. The quantitative estimate of drug-likeness (QED) is 0.384.